The Morgan fingerprint density at radius 3 is 2.75 bits per heavy atom. The van der Waals surface area contributed by atoms with Crippen molar-refractivity contribution in [2.45, 2.75) is 38.2 Å². The van der Waals surface area contributed by atoms with Crippen LogP contribution in [0.2, 0.25) is 5.02 Å². The van der Waals surface area contributed by atoms with Gasteiger partial charge in [0.1, 0.15) is 5.69 Å². The number of nitrogens with one attached hydrogen (secondary N) is 1. The molecule has 1 saturated carbocycles. The van der Waals surface area contributed by atoms with Crippen molar-refractivity contribution < 1.29 is 10.0 Å². The number of aliphatic hydroxyl groups is 1. The zero-order valence-corrected chi connectivity index (χ0v) is 12.2. The summed E-state index contributed by atoms with van der Waals surface area (Å²) in [5.41, 5.74) is -0.587. The molecule has 110 valence electrons. The Balaban J connectivity index is 2.09. The third kappa shape index (κ3) is 3.41. The summed E-state index contributed by atoms with van der Waals surface area (Å²) in [6, 6.07) is 4.55. The Bertz CT molecular complexity index is 499. The van der Waals surface area contributed by atoms with Crippen LogP contribution >= 0.6 is 11.6 Å². The number of nitrogens with zero attached hydrogens (tertiary/aromatic N) is 1. The second-order valence-electron chi connectivity index (χ2n) is 5.65. The van der Waals surface area contributed by atoms with Gasteiger partial charge in [-0.1, -0.05) is 24.6 Å². The molecule has 1 aromatic rings. The molecule has 0 spiro atoms. The molecule has 0 aliphatic heterocycles. The van der Waals surface area contributed by atoms with Gasteiger partial charge in [0.05, 0.1) is 15.5 Å². The average Bonchev–Trinajstić information content (AvgIpc) is 2.41. The number of para-hydroxylation sites is 1. The van der Waals surface area contributed by atoms with Crippen LogP contribution < -0.4 is 5.32 Å². The van der Waals surface area contributed by atoms with Crippen LogP contribution in [0.1, 0.15) is 32.6 Å². The smallest absolute Gasteiger partial charge is 0.293 e. The maximum absolute atomic E-state index is 11.0. The fourth-order valence-electron chi connectivity index (χ4n) is 2.57. The molecular weight excluding hydrogens is 280 g/mol. The lowest BCUT2D eigenvalue weighted by Gasteiger charge is -2.35. The minimum atomic E-state index is -0.806. The average molecular weight is 299 g/mol. The molecule has 2 N–H and O–H groups in total. The summed E-state index contributed by atoms with van der Waals surface area (Å²) >= 11 is 6.01. The lowest BCUT2D eigenvalue weighted by atomic mass is 9.79. The largest absolute Gasteiger partial charge is 0.388 e. The molecule has 0 atom stereocenters. The first-order chi connectivity index (χ1) is 9.41. The van der Waals surface area contributed by atoms with Crippen LogP contribution in [0.5, 0.6) is 0 Å². The Kier molecular flexibility index (Phi) is 4.50. The van der Waals surface area contributed by atoms with Crippen LogP contribution in [0, 0.1) is 16.0 Å². The molecule has 0 saturated heterocycles. The summed E-state index contributed by atoms with van der Waals surface area (Å²) in [6.45, 7) is 2.45. The molecule has 0 amide bonds. The van der Waals surface area contributed by atoms with Crippen molar-refractivity contribution in [2.24, 2.45) is 5.92 Å². The second kappa shape index (κ2) is 5.97. The molecule has 0 radical (unpaired) electrons. The number of benzene rings is 1. The van der Waals surface area contributed by atoms with Crippen LogP contribution in [0.4, 0.5) is 11.4 Å². The summed E-state index contributed by atoms with van der Waals surface area (Å²) < 4.78 is 0. The Labute approximate surface area is 123 Å². The summed E-state index contributed by atoms with van der Waals surface area (Å²) in [6.07, 6.45) is 3.37. The molecule has 0 heterocycles. The number of hydrogen-bond donors (Lipinski definition) is 2. The number of rotatable bonds is 4. The number of halogens is 1. The molecule has 0 bridgehead atoms. The minimum absolute atomic E-state index is 0.0646. The topological polar surface area (TPSA) is 75.4 Å². The maximum Gasteiger partial charge on any atom is 0.293 e. The SMILES string of the molecule is CC1CCC(O)(CNc2c(Cl)cccc2[N+](=O)[O-])CC1. The van der Waals surface area contributed by atoms with Gasteiger partial charge in [-0.25, -0.2) is 0 Å². The van der Waals surface area contributed by atoms with Gasteiger partial charge in [0.2, 0.25) is 0 Å². The van der Waals surface area contributed by atoms with Crippen LogP contribution in [0.25, 0.3) is 0 Å². The Morgan fingerprint density at radius 2 is 2.15 bits per heavy atom. The highest BCUT2D eigenvalue weighted by Crippen LogP contribution is 2.35. The molecule has 1 fully saturated rings. The highest BCUT2D eigenvalue weighted by molar-refractivity contribution is 6.33. The van der Waals surface area contributed by atoms with E-state index in [-0.39, 0.29) is 17.9 Å². The predicted molar refractivity (Wildman–Crippen MR) is 79.2 cm³/mol. The van der Waals surface area contributed by atoms with Crippen molar-refractivity contribution in [2.75, 3.05) is 11.9 Å². The van der Waals surface area contributed by atoms with Gasteiger partial charge in [0.25, 0.3) is 5.69 Å². The van der Waals surface area contributed by atoms with E-state index in [2.05, 4.69) is 12.2 Å². The van der Waals surface area contributed by atoms with E-state index in [1.807, 2.05) is 0 Å². The normalized spacial score (nSPS) is 26.2. The predicted octanol–water partition coefficient (Wildman–Crippen LogP) is 3.60. The third-order valence-corrected chi connectivity index (χ3v) is 4.30. The highest BCUT2D eigenvalue weighted by atomic mass is 35.5. The summed E-state index contributed by atoms with van der Waals surface area (Å²) in [7, 11) is 0. The van der Waals surface area contributed by atoms with E-state index < -0.39 is 10.5 Å². The van der Waals surface area contributed by atoms with Gasteiger partial charge >= 0.3 is 0 Å². The molecule has 6 heteroatoms. The van der Waals surface area contributed by atoms with Crippen LogP contribution in [0.3, 0.4) is 0 Å². The van der Waals surface area contributed by atoms with Crippen molar-refractivity contribution >= 4 is 23.0 Å². The van der Waals surface area contributed by atoms with Gasteiger partial charge < -0.3 is 10.4 Å². The maximum atomic E-state index is 11.0. The van der Waals surface area contributed by atoms with Gasteiger partial charge in [-0.05, 0) is 37.7 Å². The first kappa shape index (κ1) is 15.1. The molecule has 1 aliphatic rings. The number of anilines is 1. The molecule has 5 nitrogen and oxygen atoms in total. The second-order valence-corrected chi connectivity index (χ2v) is 6.06. The number of hydrogen-bond acceptors (Lipinski definition) is 4. The summed E-state index contributed by atoms with van der Waals surface area (Å²) in [5.74, 6) is 0.630. The molecule has 2 rings (SSSR count). The molecule has 1 aliphatic carbocycles. The van der Waals surface area contributed by atoms with Crippen LogP contribution in [-0.4, -0.2) is 22.2 Å². The third-order valence-electron chi connectivity index (χ3n) is 3.99. The monoisotopic (exact) mass is 298 g/mol. The Morgan fingerprint density at radius 1 is 1.50 bits per heavy atom. The van der Waals surface area contributed by atoms with E-state index in [0.717, 1.165) is 12.8 Å². The van der Waals surface area contributed by atoms with E-state index >= 15 is 0 Å². The summed E-state index contributed by atoms with van der Waals surface area (Å²) in [5, 5.41) is 24.8. The molecule has 1 aromatic carbocycles. The van der Waals surface area contributed by atoms with Crippen molar-refractivity contribution in [1.29, 1.82) is 0 Å². The van der Waals surface area contributed by atoms with Crippen molar-refractivity contribution in [3.63, 3.8) is 0 Å². The quantitative estimate of drug-likeness (QED) is 0.658. The van der Waals surface area contributed by atoms with Crippen molar-refractivity contribution in [3.8, 4) is 0 Å². The summed E-state index contributed by atoms with van der Waals surface area (Å²) in [4.78, 5) is 10.5. The molecule has 20 heavy (non-hydrogen) atoms. The number of nitro groups is 1. The first-order valence-corrected chi connectivity index (χ1v) is 7.18. The van der Waals surface area contributed by atoms with Gasteiger partial charge in [-0.3, -0.25) is 10.1 Å². The van der Waals surface area contributed by atoms with Gasteiger partial charge in [-0.2, -0.15) is 0 Å². The highest BCUT2D eigenvalue weighted by Gasteiger charge is 2.32. The molecular formula is C14H19ClN2O3. The van der Waals surface area contributed by atoms with E-state index in [0.29, 0.717) is 23.8 Å². The van der Waals surface area contributed by atoms with Crippen LogP contribution in [-0.2, 0) is 0 Å². The van der Waals surface area contributed by atoms with E-state index in [4.69, 9.17) is 11.6 Å². The first-order valence-electron chi connectivity index (χ1n) is 6.80. The standard InChI is InChI=1S/C14H19ClN2O3/c1-10-5-7-14(18,8-6-10)9-16-13-11(15)3-2-4-12(13)17(19)20/h2-4,10,16,18H,5-9H2,1H3. The zero-order valence-electron chi connectivity index (χ0n) is 11.4. The van der Waals surface area contributed by atoms with E-state index in [9.17, 15) is 15.2 Å². The van der Waals surface area contributed by atoms with Gasteiger partial charge in [0, 0.05) is 12.6 Å². The van der Waals surface area contributed by atoms with Crippen molar-refractivity contribution in [3.05, 3.63) is 33.3 Å². The fourth-order valence-corrected chi connectivity index (χ4v) is 2.81. The van der Waals surface area contributed by atoms with Crippen LogP contribution in [0.15, 0.2) is 18.2 Å². The lowest BCUT2D eigenvalue weighted by molar-refractivity contribution is -0.384. The zero-order chi connectivity index (χ0) is 14.8. The Hall–Kier alpha value is -1.33. The number of nitro benzene ring substituents is 1. The van der Waals surface area contributed by atoms with Gasteiger partial charge in [0.15, 0.2) is 0 Å². The minimum Gasteiger partial charge on any atom is -0.388 e. The lowest BCUT2D eigenvalue weighted by Crippen LogP contribution is -2.40. The molecule has 0 aromatic heterocycles. The molecule has 0 unspecified atom stereocenters. The van der Waals surface area contributed by atoms with Gasteiger partial charge in [-0.15, -0.1) is 0 Å². The fraction of sp³-hybridized carbons (Fsp3) is 0.571. The van der Waals surface area contributed by atoms with E-state index in [1.165, 1.54) is 6.07 Å². The van der Waals surface area contributed by atoms with E-state index in [1.54, 1.807) is 12.1 Å². The van der Waals surface area contributed by atoms with Crippen molar-refractivity contribution in [1.82, 2.24) is 0 Å².